The van der Waals surface area contributed by atoms with Crippen molar-refractivity contribution in [2.75, 3.05) is 65.0 Å². The van der Waals surface area contributed by atoms with Crippen LogP contribution in [0.25, 0.3) is 0 Å². The normalized spacial score (nSPS) is 11.6. The van der Waals surface area contributed by atoms with Gasteiger partial charge >= 0.3 is 0 Å². The molecule has 0 aromatic rings. The van der Waals surface area contributed by atoms with E-state index in [2.05, 4.69) is 52.4 Å². The molecule has 0 aliphatic heterocycles. The first-order valence-corrected chi connectivity index (χ1v) is 13.7. The molecule has 8 nitrogen and oxygen atoms in total. The Labute approximate surface area is 171 Å². The molecular weight excluding hydrogens is 416 g/mol. The van der Waals surface area contributed by atoms with Crippen LogP contribution in [0.4, 0.5) is 0 Å². The molecule has 0 spiro atoms. The Balaban J connectivity index is -0.000000356. The van der Waals surface area contributed by atoms with Crippen molar-refractivity contribution in [3.63, 3.8) is 0 Å². The lowest BCUT2D eigenvalue weighted by Gasteiger charge is -2.17. The first kappa shape index (κ1) is 31.7. The molecular formula is C16H39ClN2O6S2. The molecule has 168 valence electrons. The van der Waals surface area contributed by atoms with Gasteiger partial charge in [0.05, 0.1) is 19.1 Å². The smallest absolute Gasteiger partial charge is 0.264 e. The van der Waals surface area contributed by atoms with E-state index in [-0.39, 0.29) is 6.61 Å². The molecule has 0 fully saturated rings. The lowest BCUT2D eigenvalue weighted by atomic mass is 10.4. The van der Waals surface area contributed by atoms with Crippen molar-refractivity contribution >= 4 is 29.9 Å². The van der Waals surface area contributed by atoms with Crippen LogP contribution in [0, 0.1) is 0 Å². The van der Waals surface area contributed by atoms with Gasteiger partial charge in [0.1, 0.15) is 0 Å². The van der Waals surface area contributed by atoms with Gasteiger partial charge in [0, 0.05) is 30.4 Å². The summed E-state index contributed by atoms with van der Waals surface area (Å²) in [5.74, 6) is 0. The van der Waals surface area contributed by atoms with E-state index >= 15 is 0 Å². The molecule has 0 rings (SSSR count). The van der Waals surface area contributed by atoms with Crippen LogP contribution < -0.4 is 0 Å². The summed E-state index contributed by atoms with van der Waals surface area (Å²) in [6.07, 6.45) is 3.66. The second-order valence-electron chi connectivity index (χ2n) is 5.69. The van der Waals surface area contributed by atoms with Gasteiger partial charge in [0.15, 0.2) is 0 Å². The van der Waals surface area contributed by atoms with Crippen LogP contribution in [0.5, 0.6) is 0 Å². The first-order valence-electron chi connectivity index (χ1n) is 9.13. The van der Waals surface area contributed by atoms with E-state index in [0.717, 1.165) is 64.6 Å². The number of aliphatic hydroxyl groups is 1. The number of hydrogen-bond donors (Lipinski definition) is 1. The highest BCUT2D eigenvalue weighted by Crippen LogP contribution is 1.94. The van der Waals surface area contributed by atoms with E-state index in [1.54, 1.807) is 0 Å². The quantitative estimate of drug-likeness (QED) is 0.269. The van der Waals surface area contributed by atoms with Gasteiger partial charge < -0.3 is 14.9 Å². The summed E-state index contributed by atoms with van der Waals surface area (Å²) >= 11 is 0. The van der Waals surface area contributed by atoms with Gasteiger partial charge in [-0.05, 0) is 39.0 Å². The number of aliphatic hydroxyl groups excluding tert-OH is 1. The molecule has 0 atom stereocenters. The third-order valence-corrected chi connectivity index (χ3v) is 3.93. The van der Waals surface area contributed by atoms with Gasteiger partial charge in [0.2, 0.25) is 9.05 Å². The summed E-state index contributed by atoms with van der Waals surface area (Å²) in [7, 11) is -1.95. The van der Waals surface area contributed by atoms with Crippen LogP contribution in [0.3, 0.4) is 0 Å². The monoisotopic (exact) mass is 454 g/mol. The molecule has 11 heteroatoms. The highest BCUT2D eigenvalue weighted by Gasteiger charge is 2.02. The van der Waals surface area contributed by atoms with Gasteiger partial charge in [-0.3, -0.25) is 4.18 Å². The Bertz CT molecular complexity index is 499. The van der Waals surface area contributed by atoms with Gasteiger partial charge in [-0.15, -0.1) is 0 Å². The Morgan fingerprint density at radius 1 is 0.815 bits per heavy atom. The predicted molar refractivity (Wildman–Crippen MR) is 113 cm³/mol. The summed E-state index contributed by atoms with van der Waals surface area (Å²) in [6, 6.07) is 0. The minimum absolute atomic E-state index is 0.287. The molecule has 0 heterocycles. The lowest BCUT2D eigenvalue weighted by Crippen LogP contribution is -2.25. The van der Waals surface area contributed by atoms with Crippen LogP contribution in [0.1, 0.15) is 40.5 Å². The second-order valence-corrected chi connectivity index (χ2v) is 10.4. The summed E-state index contributed by atoms with van der Waals surface area (Å²) in [5, 5.41) is 8.48. The molecule has 1 N–H and O–H groups in total. The Kier molecular flexibility index (Phi) is 22.7. The van der Waals surface area contributed by atoms with Gasteiger partial charge in [0.25, 0.3) is 10.1 Å². The largest absolute Gasteiger partial charge is 0.396 e. The molecule has 0 radical (unpaired) electrons. The third kappa shape index (κ3) is 37.5. The molecule has 0 bridgehead atoms. The Morgan fingerprint density at radius 3 is 1.41 bits per heavy atom. The van der Waals surface area contributed by atoms with Gasteiger partial charge in [-0.25, -0.2) is 8.42 Å². The topological polar surface area (TPSA) is 104 Å². The zero-order valence-corrected chi connectivity index (χ0v) is 20.0. The lowest BCUT2D eigenvalue weighted by molar-refractivity contribution is 0.236. The summed E-state index contributed by atoms with van der Waals surface area (Å²) in [4.78, 5) is 4.53. The highest BCUT2D eigenvalue weighted by molar-refractivity contribution is 8.13. The van der Waals surface area contributed by atoms with Crippen molar-refractivity contribution in [1.29, 1.82) is 0 Å². The minimum atomic E-state index is -3.25. The fourth-order valence-electron chi connectivity index (χ4n) is 1.87. The van der Waals surface area contributed by atoms with E-state index < -0.39 is 19.2 Å². The summed E-state index contributed by atoms with van der Waals surface area (Å²) in [5.41, 5.74) is 0. The van der Waals surface area contributed by atoms with E-state index in [1.807, 2.05) is 0 Å². The molecule has 0 unspecified atom stereocenters. The van der Waals surface area contributed by atoms with Crippen molar-refractivity contribution in [1.82, 2.24) is 9.80 Å². The molecule has 0 aliphatic carbocycles. The van der Waals surface area contributed by atoms with Crippen molar-refractivity contribution in [3.8, 4) is 0 Å². The fraction of sp³-hybridized carbons (Fsp3) is 1.00. The first-order chi connectivity index (χ1) is 12.3. The van der Waals surface area contributed by atoms with Crippen LogP contribution in [-0.2, 0) is 23.4 Å². The number of hydrogen-bond acceptors (Lipinski definition) is 8. The fourth-order valence-corrected chi connectivity index (χ4v) is 2.29. The SMILES string of the molecule is CCN(CC)CCCO.CCN(CC)CCCOS(C)(=O)=O.CS(=O)(=O)Cl. The Morgan fingerprint density at radius 2 is 1.15 bits per heavy atom. The molecule has 27 heavy (non-hydrogen) atoms. The maximum atomic E-state index is 10.6. The third-order valence-electron chi connectivity index (χ3n) is 3.34. The predicted octanol–water partition coefficient (Wildman–Crippen LogP) is 1.59. The number of halogens is 1. The second kappa shape index (κ2) is 19.4. The van der Waals surface area contributed by atoms with Crippen molar-refractivity contribution < 1.29 is 26.1 Å². The van der Waals surface area contributed by atoms with Crippen LogP contribution in [0.2, 0.25) is 0 Å². The van der Waals surface area contributed by atoms with E-state index in [9.17, 15) is 16.8 Å². The van der Waals surface area contributed by atoms with Crippen molar-refractivity contribution in [2.24, 2.45) is 0 Å². The molecule has 0 aromatic carbocycles. The minimum Gasteiger partial charge on any atom is -0.396 e. The number of rotatable bonds is 12. The Hall–Kier alpha value is 0.0300. The maximum absolute atomic E-state index is 10.6. The highest BCUT2D eigenvalue weighted by atomic mass is 35.7. The molecule has 0 saturated carbocycles. The zero-order valence-electron chi connectivity index (χ0n) is 17.6. The maximum Gasteiger partial charge on any atom is 0.264 e. The van der Waals surface area contributed by atoms with Crippen molar-refractivity contribution in [3.05, 3.63) is 0 Å². The van der Waals surface area contributed by atoms with Crippen LogP contribution in [-0.4, -0.2) is 96.7 Å². The van der Waals surface area contributed by atoms with Crippen LogP contribution >= 0.6 is 10.7 Å². The van der Waals surface area contributed by atoms with Crippen molar-refractivity contribution in [2.45, 2.75) is 40.5 Å². The molecule has 0 saturated heterocycles. The van der Waals surface area contributed by atoms with Crippen LogP contribution in [0.15, 0.2) is 0 Å². The van der Waals surface area contributed by atoms with E-state index in [1.165, 1.54) is 0 Å². The summed E-state index contributed by atoms with van der Waals surface area (Å²) < 4.78 is 44.6. The van der Waals surface area contributed by atoms with Gasteiger partial charge in [-0.2, -0.15) is 8.42 Å². The van der Waals surface area contributed by atoms with E-state index in [4.69, 9.17) is 5.11 Å². The molecule has 0 aliphatic rings. The summed E-state index contributed by atoms with van der Waals surface area (Å²) in [6.45, 7) is 15.2. The van der Waals surface area contributed by atoms with Gasteiger partial charge in [-0.1, -0.05) is 27.7 Å². The number of nitrogens with zero attached hydrogens (tertiary/aromatic N) is 2. The zero-order chi connectivity index (χ0) is 21.9. The average Bonchev–Trinajstić information content (AvgIpc) is 2.54. The molecule has 0 amide bonds. The average molecular weight is 455 g/mol. The molecule has 0 aromatic heterocycles. The standard InChI is InChI=1S/C8H19NO3S.C7H17NO.CH3ClO2S/c1-4-9(5-2)7-6-8-12-13(3,10)11;1-3-8(4-2)6-5-7-9;1-5(2,3)4/h4-8H2,1-3H3;9H,3-7H2,1-2H3;1H3. The van der Waals surface area contributed by atoms with E-state index in [0.29, 0.717) is 6.61 Å².